The van der Waals surface area contributed by atoms with E-state index in [-0.39, 0.29) is 29.3 Å². The Morgan fingerprint density at radius 1 is 1.25 bits per heavy atom. The van der Waals surface area contributed by atoms with Crippen molar-refractivity contribution < 1.29 is 19.1 Å². The van der Waals surface area contributed by atoms with Crippen molar-refractivity contribution in [2.75, 3.05) is 13.7 Å². The van der Waals surface area contributed by atoms with Crippen molar-refractivity contribution in [1.82, 2.24) is 5.32 Å². The van der Waals surface area contributed by atoms with Gasteiger partial charge >= 0.3 is 11.9 Å². The minimum absolute atomic E-state index is 0.239. The van der Waals surface area contributed by atoms with Crippen LogP contribution >= 0.6 is 0 Å². The number of carbonyl (C=O) groups excluding carboxylic acids is 2. The van der Waals surface area contributed by atoms with E-state index in [4.69, 9.17) is 9.47 Å². The predicted octanol–water partition coefficient (Wildman–Crippen LogP) is 2.17. The summed E-state index contributed by atoms with van der Waals surface area (Å²) in [6.45, 7) is 2.13. The summed E-state index contributed by atoms with van der Waals surface area (Å²) in [7, 11) is 1.38. The molecule has 0 aromatic heterocycles. The van der Waals surface area contributed by atoms with Gasteiger partial charge in [-0.25, -0.2) is 0 Å². The first-order valence-electron chi connectivity index (χ1n) is 8.36. The Balaban J connectivity index is 1.87. The van der Waals surface area contributed by atoms with Crippen molar-refractivity contribution in [1.29, 1.82) is 0 Å². The smallest absolute Gasteiger partial charge is 0.323 e. The fourth-order valence-electron chi connectivity index (χ4n) is 3.72. The Hall–Kier alpha value is -2.14. The molecule has 3 rings (SSSR count). The second-order valence-corrected chi connectivity index (χ2v) is 6.38. The third kappa shape index (κ3) is 2.96. The zero-order chi connectivity index (χ0) is 17.2. The summed E-state index contributed by atoms with van der Waals surface area (Å²) < 4.78 is 10.2. The van der Waals surface area contributed by atoms with Crippen LogP contribution in [0.15, 0.2) is 36.4 Å². The number of rotatable bonds is 5. The van der Waals surface area contributed by atoms with Gasteiger partial charge in [0.1, 0.15) is 6.04 Å². The van der Waals surface area contributed by atoms with Crippen LogP contribution in [0.5, 0.6) is 0 Å². The lowest BCUT2D eigenvalue weighted by Crippen LogP contribution is -2.39. The first kappa shape index (κ1) is 16.7. The van der Waals surface area contributed by atoms with Gasteiger partial charge in [0.25, 0.3) is 0 Å². The lowest BCUT2D eigenvalue weighted by molar-refractivity contribution is -0.151. The third-order valence-electron chi connectivity index (χ3n) is 5.01. The van der Waals surface area contributed by atoms with E-state index in [0.29, 0.717) is 6.61 Å². The highest BCUT2D eigenvalue weighted by Crippen LogP contribution is 2.60. The molecular weight excluding hydrogens is 306 g/mol. The minimum atomic E-state index is -0.456. The number of carbonyl (C=O) groups is 2. The molecule has 1 aliphatic heterocycles. The average Bonchev–Trinajstić information content (AvgIpc) is 3.30. The van der Waals surface area contributed by atoms with Crippen LogP contribution in [-0.2, 0) is 19.1 Å². The number of methoxy groups -OCH3 is 1. The maximum Gasteiger partial charge on any atom is 0.323 e. The van der Waals surface area contributed by atoms with E-state index < -0.39 is 6.04 Å². The monoisotopic (exact) mass is 329 g/mol. The van der Waals surface area contributed by atoms with Gasteiger partial charge in [-0.3, -0.25) is 14.9 Å². The van der Waals surface area contributed by atoms with Crippen LogP contribution in [0.25, 0.3) is 6.08 Å². The lowest BCUT2D eigenvalue weighted by atomic mass is 9.83. The highest BCUT2D eigenvalue weighted by molar-refractivity contribution is 5.84. The van der Waals surface area contributed by atoms with E-state index in [9.17, 15) is 9.59 Å². The Morgan fingerprint density at radius 3 is 2.54 bits per heavy atom. The first-order chi connectivity index (χ1) is 11.6. The summed E-state index contributed by atoms with van der Waals surface area (Å²) in [5.41, 5.74) is 0.679. The van der Waals surface area contributed by atoms with Crippen molar-refractivity contribution in [3.63, 3.8) is 0 Å². The normalized spacial score (nSPS) is 27.3. The highest BCUT2D eigenvalue weighted by atomic mass is 16.5. The van der Waals surface area contributed by atoms with Crippen molar-refractivity contribution in [3.05, 3.63) is 42.0 Å². The number of hydrogen-bond acceptors (Lipinski definition) is 5. The zero-order valence-electron chi connectivity index (χ0n) is 14.0. The predicted molar refractivity (Wildman–Crippen MR) is 90.0 cm³/mol. The summed E-state index contributed by atoms with van der Waals surface area (Å²) in [6.07, 6.45) is 5.59. The van der Waals surface area contributed by atoms with E-state index in [0.717, 1.165) is 18.4 Å². The van der Waals surface area contributed by atoms with Gasteiger partial charge in [0.05, 0.1) is 19.6 Å². The van der Waals surface area contributed by atoms with Crippen molar-refractivity contribution in [3.8, 4) is 0 Å². The maximum absolute atomic E-state index is 12.5. The van der Waals surface area contributed by atoms with Crippen LogP contribution in [0.3, 0.4) is 0 Å². The molecule has 1 saturated carbocycles. The SMILES string of the molecule is CCOC(=O)[C@H]1[C@@H](/C=C/c2ccccc2)N[C@@H](C(=O)OC)C12CC2. The Morgan fingerprint density at radius 2 is 1.96 bits per heavy atom. The van der Waals surface area contributed by atoms with Crippen LogP contribution < -0.4 is 5.32 Å². The fourth-order valence-corrected chi connectivity index (χ4v) is 3.72. The van der Waals surface area contributed by atoms with E-state index in [1.807, 2.05) is 42.5 Å². The van der Waals surface area contributed by atoms with Crippen LogP contribution in [0.2, 0.25) is 0 Å². The molecule has 0 unspecified atom stereocenters. The zero-order valence-corrected chi connectivity index (χ0v) is 14.0. The molecule has 1 N–H and O–H groups in total. The standard InChI is InChI=1S/C19H23NO4/c1-3-24-17(21)15-14(10-9-13-7-5-4-6-8-13)20-16(18(22)23-2)19(15)11-12-19/h4-10,14-16,20H,3,11-12H2,1-2H3/b10-9+/t14-,15-,16+/m1/s1. The molecule has 2 aliphatic rings. The molecule has 0 amide bonds. The maximum atomic E-state index is 12.5. The lowest BCUT2D eigenvalue weighted by Gasteiger charge is -2.21. The summed E-state index contributed by atoms with van der Waals surface area (Å²) in [4.78, 5) is 24.7. The van der Waals surface area contributed by atoms with Gasteiger partial charge in [-0.1, -0.05) is 42.5 Å². The van der Waals surface area contributed by atoms with E-state index in [2.05, 4.69) is 5.32 Å². The number of hydrogen-bond donors (Lipinski definition) is 1. The molecule has 128 valence electrons. The molecule has 1 heterocycles. The molecule has 0 bridgehead atoms. The summed E-state index contributed by atoms with van der Waals surface area (Å²) in [6, 6.07) is 9.18. The third-order valence-corrected chi connectivity index (χ3v) is 5.01. The average molecular weight is 329 g/mol. The summed E-state index contributed by atoms with van der Waals surface area (Å²) in [5, 5.41) is 3.29. The van der Waals surface area contributed by atoms with Crippen LogP contribution in [0.1, 0.15) is 25.3 Å². The molecule has 0 radical (unpaired) electrons. The molecule has 1 aromatic carbocycles. The molecule has 5 heteroatoms. The Bertz CT molecular complexity index is 636. The van der Waals surface area contributed by atoms with Gasteiger partial charge in [-0.2, -0.15) is 0 Å². The van der Waals surface area contributed by atoms with Crippen LogP contribution in [0.4, 0.5) is 0 Å². The first-order valence-corrected chi connectivity index (χ1v) is 8.36. The molecule has 3 atom stereocenters. The second-order valence-electron chi connectivity index (χ2n) is 6.38. The number of esters is 2. The van der Waals surface area contributed by atoms with Crippen LogP contribution in [-0.4, -0.2) is 37.7 Å². The number of nitrogens with one attached hydrogen (secondary N) is 1. The number of benzene rings is 1. The van der Waals surface area contributed by atoms with Gasteiger partial charge in [-0.15, -0.1) is 0 Å². The molecule has 5 nitrogen and oxygen atoms in total. The quantitative estimate of drug-likeness (QED) is 0.839. The summed E-state index contributed by atoms with van der Waals surface area (Å²) in [5.74, 6) is -0.907. The van der Waals surface area contributed by atoms with Gasteiger partial charge < -0.3 is 9.47 Å². The van der Waals surface area contributed by atoms with Gasteiger partial charge in [0.15, 0.2) is 0 Å². The van der Waals surface area contributed by atoms with E-state index in [1.165, 1.54) is 7.11 Å². The molecule has 2 fully saturated rings. The highest BCUT2D eigenvalue weighted by Gasteiger charge is 2.67. The molecule has 1 spiro atoms. The molecule has 24 heavy (non-hydrogen) atoms. The second kappa shape index (κ2) is 6.77. The van der Waals surface area contributed by atoms with Gasteiger partial charge in [0, 0.05) is 11.5 Å². The molecular formula is C19H23NO4. The van der Waals surface area contributed by atoms with Crippen molar-refractivity contribution >= 4 is 18.0 Å². The van der Waals surface area contributed by atoms with Crippen molar-refractivity contribution in [2.24, 2.45) is 11.3 Å². The van der Waals surface area contributed by atoms with Crippen LogP contribution in [0, 0.1) is 11.3 Å². The largest absolute Gasteiger partial charge is 0.468 e. The Labute approximate surface area is 142 Å². The number of ether oxygens (including phenoxy) is 2. The van der Waals surface area contributed by atoms with Gasteiger partial charge in [-0.05, 0) is 25.3 Å². The molecule has 1 aromatic rings. The van der Waals surface area contributed by atoms with E-state index in [1.54, 1.807) is 6.92 Å². The van der Waals surface area contributed by atoms with E-state index >= 15 is 0 Å². The Kier molecular flexibility index (Phi) is 4.71. The minimum Gasteiger partial charge on any atom is -0.468 e. The topological polar surface area (TPSA) is 64.6 Å². The van der Waals surface area contributed by atoms with Gasteiger partial charge in [0.2, 0.25) is 0 Å². The molecule has 1 aliphatic carbocycles. The molecule has 1 saturated heterocycles. The summed E-state index contributed by atoms with van der Waals surface area (Å²) >= 11 is 0. The van der Waals surface area contributed by atoms with Crippen molar-refractivity contribution in [2.45, 2.75) is 31.8 Å². The fraction of sp³-hybridized carbons (Fsp3) is 0.474.